The van der Waals surface area contributed by atoms with Gasteiger partial charge in [0, 0.05) is 23.0 Å². The van der Waals surface area contributed by atoms with Gasteiger partial charge in [-0.3, -0.25) is 9.59 Å². The molecule has 1 aliphatic rings. The van der Waals surface area contributed by atoms with Gasteiger partial charge in [0.15, 0.2) is 5.78 Å². The highest BCUT2D eigenvalue weighted by Crippen LogP contribution is 2.26. The first-order chi connectivity index (χ1) is 12.2. The van der Waals surface area contributed by atoms with E-state index in [9.17, 15) is 9.59 Å². The minimum absolute atomic E-state index is 0.0492. The van der Waals surface area contributed by atoms with E-state index in [2.05, 4.69) is 15.6 Å². The van der Waals surface area contributed by atoms with Crippen molar-refractivity contribution in [1.29, 1.82) is 0 Å². The maximum atomic E-state index is 12.9. The molecule has 4 rings (SSSR count). The second-order valence-corrected chi connectivity index (χ2v) is 6.26. The molecule has 0 saturated carbocycles. The lowest BCUT2D eigenvalue weighted by Gasteiger charge is -2.14. The van der Waals surface area contributed by atoms with Gasteiger partial charge in [0.1, 0.15) is 0 Å². The minimum Gasteiger partial charge on any atom is -0.352 e. The van der Waals surface area contributed by atoms with Crippen molar-refractivity contribution >= 4 is 28.3 Å². The molecule has 0 spiro atoms. The van der Waals surface area contributed by atoms with E-state index in [0.717, 1.165) is 28.6 Å². The summed E-state index contributed by atoms with van der Waals surface area (Å²) in [5.41, 5.74) is 3.37. The number of carbonyl (C=O) groups excluding carboxylic acids is 2. The van der Waals surface area contributed by atoms with Crippen molar-refractivity contribution in [1.82, 2.24) is 10.3 Å². The van der Waals surface area contributed by atoms with Crippen LogP contribution in [0.2, 0.25) is 0 Å². The smallest absolute Gasteiger partial charge is 0.226 e. The van der Waals surface area contributed by atoms with Gasteiger partial charge in [-0.25, -0.2) is 0 Å². The van der Waals surface area contributed by atoms with Crippen LogP contribution in [0.5, 0.6) is 0 Å². The minimum atomic E-state index is -0.516. The summed E-state index contributed by atoms with van der Waals surface area (Å²) in [6, 6.07) is 16.7. The summed E-state index contributed by atoms with van der Waals surface area (Å²) in [5.74, 6) is -0.219. The zero-order chi connectivity index (χ0) is 17.2. The van der Waals surface area contributed by atoms with Crippen LogP contribution in [0.15, 0.2) is 54.6 Å². The molecule has 0 saturated heterocycles. The van der Waals surface area contributed by atoms with Crippen LogP contribution in [-0.4, -0.2) is 29.3 Å². The van der Waals surface area contributed by atoms with Crippen molar-refractivity contribution in [2.75, 3.05) is 11.9 Å². The van der Waals surface area contributed by atoms with E-state index >= 15 is 0 Å². The molecule has 126 valence electrons. The first kappa shape index (κ1) is 15.6. The number of Topliss-reactive ketones (excluding diaryl/α,β-unsaturated/α-hetero) is 1. The number of para-hydroxylation sites is 2. The first-order valence-corrected chi connectivity index (χ1v) is 8.44. The van der Waals surface area contributed by atoms with E-state index in [1.807, 2.05) is 54.6 Å². The topological polar surface area (TPSA) is 74.0 Å². The lowest BCUT2D eigenvalue weighted by Crippen LogP contribution is -2.39. The van der Waals surface area contributed by atoms with Crippen molar-refractivity contribution in [3.8, 4) is 0 Å². The quantitative estimate of drug-likeness (QED) is 0.690. The summed E-state index contributed by atoms with van der Waals surface area (Å²) in [6.45, 7) is 0.671. The SMILES string of the molecule is O=C(C[C@H]1NCCc2c([nH]c3ccccc23)C1=O)Nc1ccccc1. The maximum absolute atomic E-state index is 12.9. The van der Waals surface area contributed by atoms with Gasteiger partial charge in [-0.2, -0.15) is 0 Å². The summed E-state index contributed by atoms with van der Waals surface area (Å²) < 4.78 is 0. The third-order valence-electron chi connectivity index (χ3n) is 4.59. The lowest BCUT2D eigenvalue weighted by atomic mass is 10.0. The zero-order valence-electron chi connectivity index (χ0n) is 13.7. The average molecular weight is 333 g/mol. The normalized spacial score (nSPS) is 17.1. The second-order valence-electron chi connectivity index (χ2n) is 6.26. The van der Waals surface area contributed by atoms with E-state index in [-0.39, 0.29) is 18.1 Å². The van der Waals surface area contributed by atoms with E-state index in [1.165, 1.54) is 0 Å². The Kier molecular flexibility index (Phi) is 4.07. The molecule has 1 aromatic heterocycles. The molecule has 2 aromatic carbocycles. The Hall–Kier alpha value is -2.92. The highest BCUT2D eigenvalue weighted by molar-refractivity contribution is 6.07. The molecule has 5 nitrogen and oxygen atoms in total. The number of benzene rings is 2. The number of rotatable bonds is 3. The average Bonchev–Trinajstić information content (AvgIpc) is 2.93. The summed E-state index contributed by atoms with van der Waals surface area (Å²) >= 11 is 0. The lowest BCUT2D eigenvalue weighted by molar-refractivity contribution is -0.116. The summed E-state index contributed by atoms with van der Waals surface area (Å²) in [6.07, 6.45) is 0.879. The fraction of sp³-hybridized carbons (Fsp3) is 0.200. The standard InChI is InChI=1S/C20H19N3O2/c24-18(22-13-6-2-1-3-7-13)12-17-20(25)19-15(10-11-21-17)14-8-4-5-9-16(14)23-19/h1-9,17,21,23H,10-12H2,(H,22,24)/t17-/m1/s1. The van der Waals surface area contributed by atoms with Crippen LogP contribution >= 0.6 is 0 Å². The van der Waals surface area contributed by atoms with Crippen LogP contribution in [-0.2, 0) is 11.2 Å². The van der Waals surface area contributed by atoms with Crippen LogP contribution in [0.25, 0.3) is 10.9 Å². The molecule has 5 heteroatoms. The molecule has 3 aromatic rings. The number of amides is 1. The van der Waals surface area contributed by atoms with Crippen molar-refractivity contribution in [3.05, 3.63) is 65.9 Å². The summed E-state index contributed by atoms with van der Waals surface area (Å²) in [4.78, 5) is 28.5. The molecule has 0 aliphatic carbocycles. The molecular formula is C20H19N3O2. The van der Waals surface area contributed by atoms with Crippen molar-refractivity contribution in [2.24, 2.45) is 0 Å². The molecule has 2 heterocycles. The van der Waals surface area contributed by atoms with Gasteiger partial charge in [0.25, 0.3) is 0 Å². The van der Waals surface area contributed by atoms with Crippen LogP contribution in [0.3, 0.4) is 0 Å². The van der Waals surface area contributed by atoms with Gasteiger partial charge in [-0.05, 0) is 36.7 Å². The summed E-state index contributed by atoms with van der Waals surface area (Å²) in [5, 5.41) is 7.14. The number of aromatic nitrogens is 1. The molecule has 1 amide bonds. The molecule has 0 radical (unpaired) electrons. The third-order valence-corrected chi connectivity index (χ3v) is 4.59. The monoisotopic (exact) mass is 333 g/mol. The van der Waals surface area contributed by atoms with Gasteiger partial charge in [0.2, 0.25) is 5.91 Å². The Morgan fingerprint density at radius 2 is 1.84 bits per heavy atom. The molecule has 0 bridgehead atoms. The number of fused-ring (bicyclic) bond motifs is 3. The number of ketones is 1. The zero-order valence-corrected chi connectivity index (χ0v) is 13.7. The molecule has 25 heavy (non-hydrogen) atoms. The molecule has 0 unspecified atom stereocenters. The molecular weight excluding hydrogens is 314 g/mol. The number of hydrogen-bond donors (Lipinski definition) is 3. The van der Waals surface area contributed by atoms with Crippen LogP contribution < -0.4 is 10.6 Å². The van der Waals surface area contributed by atoms with Gasteiger partial charge >= 0.3 is 0 Å². The van der Waals surface area contributed by atoms with E-state index < -0.39 is 6.04 Å². The fourth-order valence-electron chi connectivity index (χ4n) is 3.39. The number of carbonyl (C=O) groups is 2. The van der Waals surface area contributed by atoms with Gasteiger partial charge in [-0.15, -0.1) is 0 Å². The number of anilines is 1. The number of nitrogens with one attached hydrogen (secondary N) is 3. The van der Waals surface area contributed by atoms with Crippen LogP contribution in [0.4, 0.5) is 5.69 Å². The molecule has 1 aliphatic heterocycles. The third kappa shape index (κ3) is 3.06. The molecule has 1 atom stereocenters. The number of H-pyrrole nitrogens is 1. The van der Waals surface area contributed by atoms with Gasteiger partial charge < -0.3 is 15.6 Å². The largest absolute Gasteiger partial charge is 0.352 e. The first-order valence-electron chi connectivity index (χ1n) is 8.44. The van der Waals surface area contributed by atoms with Crippen LogP contribution in [0.1, 0.15) is 22.5 Å². The Balaban J connectivity index is 1.55. The van der Waals surface area contributed by atoms with Crippen molar-refractivity contribution in [2.45, 2.75) is 18.9 Å². The number of aromatic amines is 1. The van der Waals surface area contributed by atoms with Gasteiger partial charge in [0.05, 0.1) is 11.7 Å². The molecule has 3 N–H and O–H groups in total. The van der Waals surface area contributed by atoms with Crippen molar-refractivity contribution < 1.29 is 9.59 Å². The summed E-state index contributed by atoms with van der Waals surface area (Å²) in [7, 11) is 0. The number of hydrogen-bond acceptors (Lipinski definition) is 3. The fourth-order valence-corrected chi connectivity index (χ4v) is 3.39. The second kappa shape index (κ2) is 6.53. The maximum Gasteiger partial charge on any atom is 0.226 e. The Bertz CT molecular complexity index is 931. The van der Waals surface area contributed by atoms with E-state index in [0.29, 0.717) is 12.2 Å². The van der Waals surface area contributed by atoms with Gasteiger partial charge in [-0.1, -0.05) is 36.4 Å². The highest BCUT2D eigenvalue weighted by Gasteiger charge is 2.29. The van der Waals surface area contributed by atoms with E-state index in [1.54, 1.807) is 0 Å². The molecule has 0 fully saturated rings. The predicted molar refractivity (Wildman–Crippen MR) is 97.8 cm³/mol. The Morgan fingerprint density at radius 1 is 1.08 bits per heavy atom. The highest BCUT2D eigenvalue weighted by atomic mass is 16.2. The predicted octanol–water partition coefficient (Wildman–Crippen LogP) is 2.89. The van der Waals surface area contributed by atoms with Crippen molar-refractivity contribution in [3.63, 3.8) is 0 Å². The van der Waals surface area contributed by atoms with Crippen LogP contribution in [0, 0.1) is 0 Å². The Labute approximate surface area is 145 Å². The Morgan fingerprint density at radius 3 is 2.68 bits per heavy atom. The van der Waals surface area contributed by atoms with E-state index in [4.69, 9.17) is 0 Å².